The molecular formula is C9H15ClF3N. The Morgan fingerprint density at radius 2 is 1.86 bits per heavy atom. The van der Waals surface area contributed by atoms with Crippen molar-refractivity contribution in [2.45, 2.75) is 26.1 Å². The molecule has 14 heavy (non-hydrogen) atoms. The van der Waals surface area contributed by atoms with Crippen molar-refractivity contribution >= 4 is 11.6 Å². The van der Waals surface area contributed by atoms with Crippen molar-refractivity contribution in [3.8, 4) is 0 Å². The molecule has 0 bridgehead atoms. The average molecular weight is 230 g/mol. The van der Waals surface area contributed by atoms with E-state index >= 15 is 0 Å². The van der Waals surface area contributed by atoms with Gasteiger partial charge in [0.25, 0.3) is 0 Å². The number of halogens is 4. The van der Waals surface area contributed by atoms with Gasteiger partial charge in [-0.2, -0.15) is 13.2 Å². The highest BCUT2D eigenvalue weighted by Crippen LogP contribution is 2.17. The summed E-state index contributed by atoms with van der Waals surface area (Å²) in [5.41, 5.74) is 0. The summed E-state index contributed by atoms with van der Waals surface area (Å²) in [6.07, 6.45) is -0.842. The molecule has 0 rings (SSSR count). The van der Waals surface area contributed by atoms with Crippen LogP contribution in [0.4, 0.5) is 13.2 Å². The summed E-state index contributed by atoms with van der Waals surface area (Å²) in [6, 6.07) is -0.128. The Morgan fingerprint density at radius 1 is 1.29 bits per heavy atom. The standard InChI is InChI=1S/C9H15ClF3N/c1-8(2)14(6-4-3-5-10)7-9(11,12)13/h3-4,8H,5-7H2,1-2H3. The summed E-state index contributed by atoms with van der Waals surface area (Å²) >= 11 is 5.37. The first kappa shape index (κ1) is 13.8. The monoisotopic (exact) mass is 229 g/mol. The molecule has 0 aromatic carbocycles. The molecule has 0 aliphatic rings. The largest absolute Gasteiger partial charge is 0.401 e. The summed E-state index contributed by atoms with van der Waals surface area (Å²) in [6.45, 7) is 2.88. The van der Waals surface area contributed by atoms with Crippen LogP contribution < -0.4 is 0 Å². The summed E-state index contributed by atoms with van der Waals surface area (Å²) in [5, 5.41) is 0. The van der Waals surface area contributed by atoms with Crippen LogP contribution in [0.25, 0.3) is 0 Å². The van der Waals surface area contributed by atoms with Crippen molar-refractivity contribution < 1.29 is 13.2 Å². The van der Waals surface area contributed by atoms with Gasteiger partial charge in [-0.1, -0.05) is 12.2 Å². The van der Waals surface area contributed by atoms with Gasteiger partial charge in [-0.15, -0.1) is 11.6 Å². The first-order valence-corrected chi connectivity index (χ1v) is 4.92. The van der Waals surface area contributed by atoms with Crippen LogP contribution in [0, 0.1) is 0 Å². The summed E-state index contributed by atoms with van der Waals surface area (Å²) in [7, 11) is 0. The molecule has 0 aliphatic heterocycles. The molecule has 0 N–H and O–H groups in total. The van der Waals surface area contributed by atoms with Gasteiger partial charge in [-0.3, -0.25) is 4.90 Å². The van der Waals surface area contributed by atoms with E-state index in [2.05, 4.69) is 0 Å². The number of hydrogen-bond donors (Lipinski definition) is 0. The van der Waals surface area contributed by atoms with Crippen LogP contribution >= 0.6 is 11.6 Å². The maximum absolute atomic E-state index is 12.1. The molecule has 5 heteroatoms. The van der Waals surface area contributed by atoms with Gasteiger partial charge in [-0.05, 0) is 13.8 Å². The predicted molar refractivity (Wildman–Crippen MR) is 52.6 cm³/mol. The molecule has 0 radical (unpaired) electrons. The third kappa shape index (κ3) is 7.21. The van der Waals surface area contributed by atoms with E-state index in [-0.39, 0.29) is 12.6 Å². The lowest BCUT2D eigenvalue weighted by Crippen LogP contribution is -2.39. The van der Waals surface area contributed by atoms with E-state index < -0.39 is 12.7 Å². The smallest absolute Gasteiger partial charge is 0.289 e. The summed E-state index contributed by atoms with van der Waals surface area (Å²) < 4.78 is 36.3. The zero-order chi connectivity index (χ0) is 11.2. The van der Waals surface area contributed by atoms with E-state index in [9.17, 15) is 13.2 Å². The van der Waals surface area contributed by atoms with Gasteiger partial charge in [0.1, 0.15) is 0 Å². The third-order valence-corrected chi connectivity index (χ3v) is 1.89. The van der Waals surface area contributed by atoms with Crippen molar-refractivity contribution in [1.29, 1.82) is 0 Å². The molecule has 0 saturated carbocycles. The topological polar surface area (TPSA) is 3.24 Å². The van der Waals surface area contributed by atoms with Gasteiger partial charge in [-0.25, -0.2) is 0 Å². The van der Waals surface area contributed by atoms with Crippen LogP contribution in [-0.4, -0.2) is 36.1 Å². The van der Waals surface area contributed by atoms with Gasteiger partial charge in [0, 0.05) is 18.5 Å². The molecule has 1 nitrogen and oxygen atoms in total. The lowest BCUT2D eigenvalue weighted by molar-refractivity contribution is -0.148. The van der Waals surface area contributed by atoms with Crippen molar-refractivity contribution in [2.75, 3.05) is 19.0 Å². The first-order valence-electron chi connectivity index (χ1n) is 4.38. The molecule has 0 atom stereocenters. The lowest BCUT2D eigenvalue weighted by Gasteiger charge is -2.25. The van der Waals surface area contributed by atoms with Crippen molar-refractivity contribution in [3.05, 3.63) is 12.2 Å². The van der Waals surface area contributed by atoms with E-state index in [4.69, 9.17) is 11.6 Å². The molecule has 0 aromatic heterocycles. The molecule has 0 spiro atoms. The number of hydrogen-bond acceptors (Lipinski definition) is 1. The Balaban J connectivity index is 4.10. The van der Waals surface area contributed by atoms with Gasteiger partial charge in [0.15, 0.2) is 0 Å². The van der Waals surface area contributed by atoms with Crippen molar-refractivity contribution in [2.24, 2.45) is 0 Å². The van der Waals surface area contributed by atoms with E-state index in [0.29, 0.717) is 5.88 Å². The highest BCUT2D eigenvalue weighted by Gasteiger charge is 2.31. The van der Waals surface area contributed by atoms with Crippen LogP contribution in [0.2, 0.25) is 0 Å². The minimum Gasteiger partial charge on any atom is -0.289 e. The van der Waals surface area contributed by atoms with E-state index in [1.54, 1.807) is 26.0 Å². The summed E-state index contributed by atoms with van der Waals surface area (Å²) in [5.74, 6) is 0.331. The average Bonchev–Trinajstić information content (AvgIpc) is 2.00. The Hall–Kier alpha value is -0.220. The fourth-order valence-electron chi connectivity index (χ4n) is 0.961. The molecule has 0 fully saturated rings. The van der Waals surface area contributed by atoms with E-state index in [1.165, 1.54) is 4.90 Å². The second-order valence-corrected chi connectivity index (χ2v) is 3.57. The Bertz CT molecular complexity index is 177. The molecule has 0 aromatic rings. The first-order chi connectivity index (χ1) is 6.37. The second-order valence-electron chi connectivity index (χ2n) is 3.26. The normalized spacial score (nSPS) is 13.4. The Morgan fingerprint density at radius 3 is 2.21 bits per heavy atom. The van der Waals surface area contributed by atoms with Crippen LogP contribution in [0.1, 0.15) is 13.8 Å². The van der Waals surface area contributed by atoms with E-state index in [1.807, 2.05) is 0 Å². The van der Waals surface area contributed by atoms with Crippen LogP contribution in [-0.2, 0) is 0 Å². The van der Waals surface area contributed by atoms with Gasteiger partial charge >= 0.3 is 6.18 Å². The molecular weight excluding hydrogens is 215 g/mol. The minimum absolute atomic E-state index is 0.128. The Kier molecular flexibility index (Phi) is 6.20. The number of rotatable bonds is 5. The van der Waals surface area contributed by atoms with E-state index in [0.717, 1.165) is 0 Å². The zero-order valence-corrected chi connectivity index (χ0v) is 9.07. The Labute approximate surface area is 87.5 Å². The minimum atomic E-state index is -4.14. The molecule has 0 saturated heterocycles. The second kappa shape index (κ2) is 6.30. The maximum atomic E-state index is 12.1. The summed E-state index contributed by atoms with van der Waals surface area (Å²) in [4.78, 5) is 1.34. The van der Waals surface area contributed by atoms with Crippen LogP contribution in [0.3, 0.4) is 0 Å². The third-order valence-electron chi connectivity index (χ3n) is 1.71. The number of alkyl halides is 4. The van der Waals surface area contributed by atoms with Gasteiger partial charge < -0.3 is 0 Å². The van der Waals surface area contributed by atoms with Crippen molar-refractivity contribution in [1.82, 2.24) is 4.90 Å². The zero-order valence-electron chi connectivity index (χ0n) is 8.31. The number of nitrogens with zero attached hydrogens (tertiary/aromatic N) is 1. The SMILES string of the molecule is CC(C)N(CC=CCCl)CC(F)(F)F. The molecule has 0 unspecified atom stereocenters. The molecule has 0 amide bonds. The molecule has 0 aliphatic carbocycles. The molecule has 84 valence electrons. The predicted octanol–water partition coefficient (Wildman–Crippen LogP) is 3.05. The van der Waals surface area contributed by atoms with Gasteiger partial charge in [0.2, 0.25) is 0 Å². The highest BCUT2D eigenvalue weighted by atomic mass is 35.5. The lowest BCUT2D eigenvalue weighted by atomic mass is 10.3. The maximum Gasteiger partial charge on any atom is 0.401 e. The van der Waals surface area contributed by atoms with Crippen molar-refractivity contribution in [3.63, 3.8) is 0 Å². The van der Waals surface area contributed by atoms with Crippen LogP contribution in [0.15, 0.2) is 12.2 Å². The highest BCUT2D eigenvalue weighted by molar-refractivity contribution is 6.18. The fraction of sp³-hybridized carbons (Fsp3) is 0.778. The quantitative estimate of drug-likeness (QED) is 0.517. The number of allylic oxidation sites excluding steroid dienone is 1. The molecule has 0 heterocycles. The van der Waals surface area contributed by atoms with Crippen LogP contribution in [0.5, 0.6) is 0 Å². The fourth-order valence-corrected chi connectivity index (χ4v) is 1.09. The van der Waals surface area contributed by atoms with Gasteiger partial charge in [0.05, 0.1) is 6.54 Å².